The highest BCUT2D eigenvalue weighted by Gasteiger charge is 2.03. The number of benzene rings is 1. The Balaban J connectivity index is 2.80. The third kappa shape index (κ3) is 1.08. The summed E-state index contributed by atoms with van der Waals surface area (Å²) in [6, 6.07) is 3.37. The number of rotatable bonds is 1. The molecule has 0 aliphatic rings. The van der Waals surface area contributed by atoms with E-state index in [-0.39, 0.29) is 5.75 Å². The van der Waals surface area contributed by atoms with E-state index < -0.39 is 0 Å². The number of alkyl halides is 1. The van der Waals surface area contributed by atoms with Crippen LogP contribution in [0.15, 0.2) is 18.5 Å². The number of H-pyrrole nitrogens is 1. The second-order valence-corrected chi connectivity index (χ2v) is 3.10. The van der Waals surface area contributed by atoms with E-state index in [1.165, 1.54) is 0 Å². The Morgan fingerprint density at radius 2 is 2.33 bits per heavy atom. The minimum atomic E-state index is 0.265. The monoisotopic (exact) mass is 226 g/mol. The Labute approximate surface area is 77.6 Å². The molecule has 0 aliphatic carbocycles. The van der Waals surface area contributed by atoms with Gasteiger partial charge >= 0.3 is 0 Å². The fraction of sp³-hybridized carbons (Fsp3) is 0.125. The van der Waals surface area contributed by atoms with Gasteiger partial charge < -0.3 is 10.1 Å². The maximum absolute atomic E-state index is 9.29. The number of fused-ring (bicyclic) bond motifs is 1. The summed E-state index contributed by atoms with van der Waals surface area (Å²) in [5.74, 6) is 0.265. The largest absolute Gasteiger partial charge is 0.508 e. The molecule has 0 spiro atoms. The van der Waals surface area contributed by atoms with Crippen molar-refractivity contribution in [2.24, 2.45) is 0 Å². The summed E-state index contributed by atoms with van der Waals surface area (Å²) >= 11 is 3.33. The van der Waals surface area contributed by atoms with Crippen LogP contribution in [0.5, 0.6) is 5.75 Å². The van der Waals surface area contributed by atoms with Gasteiger partial charge in [-0.05, 0) is 11.6 Å². The van der Waals surface area contributed by atoms with Crippen LogP contribution in [-0.4, -0.2) is 15.1 Å². The summed E-state index contributed by atoms with van der Waals surface area (Å²) in [7, 11) is 0. The van der Waals surface area contributed by atoms with Gasteiger partial charge in [0.05, 0.1) is 17.4 Å². The van der Waals surface area contributed by atoms with E-state index >= 15 is 0 Å². The normalized spacial score (nSPS) is 10.8. The van der Waals surface area contributed by atoms with Crippen molar-refractivity contribution in [3.8, 4) is 5.75 Å². The van der Waals surface area contributed by atoms with Gasteiger partial charge in [0, 0.05) is 11.4 Å². The number of aromatic amines is 1. The van der Waals surface area contributed by atoms with E-state index in [1.807, 2.05) is 0 Å². The van der Waals surface area contributed by atoms with Gasteiger partial charge in [-0.1, -0.05) is 15.9 Å². The Bertz CT molecular complexity index is 410. The summed E-state index contributed by atoms with van der Waals surface area (Å²) in [4.78, 5) is 7.08. The average Bonchev–Trinajstić information content (AvgIpc) is 2.50. The van der Waals surface area contributed by atoms with Gasteiger partial charge in [-0.2, -0.15) is 0 Å². The quantitative estimate of drug-likeness (QED) is 0.733. The summed E-state index contributed by atoms with van der Waals surface area (Å²) in [6.45, 7) is 0. The fourth-order valence-electron chi connectivity index (χ4n) is 1.21. The number of imidazole rings is 1. The average molecular weight is 227 g/mol. The summed E-state index contributed by atoms with van der Waals surface area (Å²) in [6.07, 6.45) is 1.62. The second kappa shape index (κ2) is 2.79. The molecule has 2 N–H and O–H groups in total. The second-order valence-electron chi connectivity index (χ2n) is 2.54. The molecule has 0 radical (unpaired) electrons. The maximum Gasteiger partial charge on any atom is 0.118 e. The first-order valence-electron chi connectivity index (χ1n) is 3.52. The topological polar surface area (TPSA) is 48.9 Å². The van der Waals surface area contributed by atoms with Crippen molar-refractivity contribution in [1.29, 1.82) is 0 Å². The molecule has 0 saturated heterocycles. The molecule has 2 rings (SSSR count). The molecule has 0 atom stereocenters. The number of nitrogens with zero attached hydrogens (tertiary/aromatic N) is 1. The van der Waals surface area contributed by atoms with Crippen LogP contribution in [0, 0.1) is 0 Å². The zero-order chi connectivity index (χ0) is 8.55. The standard InChI is InChI=1S/C8H7BrN2O/c9-3-5-1-6(12)2-7-8(5)11-4-10-7/h1-2,4,12H,3H2,(H,10,11). The summed E-state index contributed by atoms with van der Waals surface area (Å²) in [5.41, 5.74) is 2.76. The van der Waals surface area contributed by atoms with Crippen LogP contribution >= 0.6 is 15.9 Å². The Morgan fingerprint density at radius 1 is 1.50 bits per heavy atom. The first-order chi connectivity index (χ1) is 5.81. The Hall–Kier alpha value is -1.03. The maximum atomic E-state index is 9.29. The van der Waals surface area contributed by atoms with Crippen molar-refractivity contribution in [2.45, 2.75) is 5.33 Å². The molecule has 12 heavy (non-hydrogen) atoms. The van der Waals surface area contributed by atoms with E-state index in [9.17, 15) is 5.11 Å². The van der Waals surface area contributed by atoms with E-state index in [2.05, 4.69) is 25.9 Å². The Morgan fingerprint density at radius 3 is 3.08 bits per heavy atom. The predicted molar refractivity (Wildman–Crippen MR) is 50.4 cm³/mol. The molecule has 1 heterocycles. The van der Waals surface area contributed by atoms with Gasteiger partial charge in [0.25, 0.3) is 0 Å². The number of hydrogen-bond donors (Lipinski definition) is 2. The smallest absolute Gasteiger partial charge is 0.118 e. The van der Waals surface area contributed by atoms with Gasteiger partial charge in [0.15, 0.2) is 0 Å². The molecule has 0 aliphatic heterocycles. The number of aromatic hydroxyl groups is 1. The molecular formula is C8H7BrN2O. The summed E-state index contributed by atoms with van der Waals surface area (Å²) in [5, 5.41) is 9.99. The fourth-order valence-corrected chi connectivity index (χ4v) is 1.64. The molecule has 3 nitrogen and oxygen atoms in total. The third-order valence-electron chi connectivity index (χ3n) is 1.73. The molecule has 62 valence electrons. The highest BCUT2D eigenvalue weighted by atomic mass is 79.9. The van der Waals surface area contributed by atoms with Crippen molar-refractivity contribution in [2.75, 3.05) is 0 Å². The first kappa shape index (κ1) is 7.61. The van der Waals surface area contributed by atoms with Crippen molar-refractivity contribution < 1.29 is 5.11 Å². The number of nitrogens with one attached hydrogen (secondary N) is 1. The molecule has 0 fully saturated rings. The number of phenolic OH excluding ortho intramolecular Hbond substituents is 1. The zero-order valence-electron chi connectivity index (χ0n) is 6.21. The highest BCUT2D eigenvalue weighted by molar-refractivity contribution is 9.08. The van der Waals surface area contributed by atoms with E-state index in [0.717, 1.165) is 16.6 Å². The zero-order valence-corrected chi connectivity index (χ0v) is 7.80. The van der Waals surface area contributed by atoms with Crippen LogP contribution in [0.2, 0.25) is 0 Å². The molecule has 0 saturated carbocycles. The molecule has 0 unspecified atom stereocenters. The highest BCUT2D eigenvalue weighted by Crippen LogP contribution is 2.23. The molecule has 4 heteroatoms. The number of hydrogen-bond acceptors (Lipinski definition) is 2. The lowest BCUT2D eigenvalue weighted by atomic mass is 10.2. The number of aromatic nitrogens is 2. The van der Waals surface area contributed by atoms with Gasteiger partial charge in [-0.15, -0.1) is 0 Å². The van der Waals surface area contributed by atoms with Gasteiger partial charge in [0.1, 0.15) is 5.75 Å². The van der Waals surface area contributed by atoms with Crippen molar-refractivity contribution in [1.82, 2.24) is 9.97 Å². The minimum absolute atomic E-state index is 0.265. The van der Waals surface area contributed by atoms with Crippen molar-refractivity contribution >= 4 is 27.0 Å². The van der Waals surface area contributed by atoms with Crippen LogP contribution in [-0.2, 0) is 5.33 Å². The number of phenols is 1. The lowest BCUT2D eigenvalue weighted by Crippen LogP contribution is -1.80. The van der Waals surface area contributed by atoms with E-state index in [1.54, 1.807) is 18.5 Å². The third-order valence-corrected chi connectivity index (χ3v) is 2.34. The van der Waals surface area contributed by atoms with E-state index in [4.69, 9.17) is 0 Å². The number of halogens is 1. The van der Waals surface area contributed by atoms with Gasteiger partial charge in [-0.25, -0.2) is 4.98 Å². The van der Waals surface area contributed by atoms with Crippen LogP contribution in [0.4, 0.5) is 0 Å². The van der Waals surface area contributed by atoms with Gasteiger partial charge in [0.2, 0.25) is 0 Å². The first-order valence-corrected chi connectivity index (χ1v) is 4.64. The lowest BCUT2D eigenvalue weighted by molar-refractivity contribution is 0.475. The van der Waals surface area contributed by atoms with Gasteiger partial charge in [-0.3, -0.25) is 0 Å². The molecular weight excluding hydrogens is 220 g/mol. The van der Waals surface area contributed by atoms with Crippen LogP contribution in [0.25, 0.3) is 11.0 Å². The molecule has 0 bridgehead atoms. The van der Waals surface area contributed by atoms with Crippen molar-refractivity contribution in [3.05, 3.63) is 24.0 Å². The minimum Gasteiger partial charge on any atom is -0.508 e. The Kier molecular flexibility index (Phi) is 1.77. The molecule has 1 aromatic heterocycles. The SMILES string of the molecule is Oc1cc(CBr)c2nc[nH]c2c1. The summed E-state index contributed by atoms with van der Waals surface area (Å²) < 4.78 is 0. The predicted octanol–water partition coefficient (Wildman–Crippen LogP) is 2.16. The van der Waals surface area contributed by atoms with E-state index in [0.29, 0.717) is 5.33 Å². The van der Waals surface area contributed by atoms with Crippen LogP contribution in [0.3, 0.4) is 0 Å². The molecule has 1 aromatic carbocycles. The lowest BCUT2D eigenvalue weighted by Gasteiger charge is -1.98. The van der Waals surface area contributed by atoms with Crippen LogP contribution < -0.4 is 0 Å². The molecule has 0 amide bonds. The molecule has 2 aromatic rings. The van der Waals surface area contributed by atoms with Crippen LogP contribution in [0.1, 0.15) is 5.56 Å². The van der Waals surface area contributed by atoms with Crippen molar-refractivity contribution in [3.63, 3.8) is 0 Å².